The highest BCUT2D eigenvalue weighted by Gasteiger charge is 2.44. The van der Waals surface area contributed by atoms with Gasteiger partial charge in [0.15, 0.2) is 0 Å². The van der Waals surface area contributed by atoms with Crippen molar-refractivity contribution in [3.05, 3.63) is 28.2 Å². The van der Waals surface area contributed by atoms with Crippen LogP contribution in [0.2, 0.25) is 0 Å². The number of aliphatic hydroxyl groups is 1. The van der Waals surface area contributed by atoms with Crippen LogP contribution in [0.1, 0.15) is 37.9 Å². The Hall–Kier alpha value is -0.580. The Kier molecular flexibility index (Phi) is 3.36. The highest BCUT2D eigenvalue weighted by atomic mass is 79.9. The Morgan fingerprint density at radius 1 is 1.42 bits per heavy atom. The van der Waals surface area contributed by atoms with Crippen molar-refractivity contribution in [3.63, 3.8) is 0 Å². The van der Waals surface area contributed by atoms with Crippen LogP contribution in [0.3, 0.4) is 0 Å². The van der Waals surface area contributed by atoms with Crippen LogP contribution in [-0.4, -0.2) is 35.2 Å². The molecule has 2 heterocycles. The van der Waals surface area contributed by atoms with E-state index in [0.717, 1.165) is 35.2 Å². The molecular weight excluding hydrogens is 306 g/mol. The summed E-state index contributed by atoms with van der Waals surface area (Å²) in [6, 6.07) is 6.40. The van der Waals surface area contributed by atoms with Crippen LogP contribution in [0, 0.1) is 0 Å². The summed E-state index contributed by atoms with van der Waals surface area (Å²) < 4.78 is 7.28. The fraction of sp³-hybridized carbons (Fsp3) is 0.600. The maximum atomic E-state index is 10.4. The average Bonchev–Trinajstić information content (AvgIpc) is 2.36. The molecule has 2 aliphatic heterocycles. The molecule has 104 valence electrons. The zero-order valence-corrected chi connectivity index (χ0v) is 13.0. The van der Waals surface area contributed by atoms with Crippen molar-refractivity contribution in [1.82, 2.24) is 4.90 Å². The summed E-state index contributed by atoms with van der Waals surface area (Å²) in [5, 5.41) is 10.4. The standard InChI is InChI=1S/C15H20BrNO2/c1-10-8-15(5-6-17(10)2)9-13(18)12-7-11(16)3-4-14(12)19-15/h3-4,7,10,13,18H,5-6,8-9H2,1-2H3/t10?,13-,15?/m1/s1. The number of benzene rings is 1. The van der Waals surface area contributed by atoms with Crippen LogP contribution < -0.4 is 4.74 Å². The normalized spacial score (nSPS) is 34.9. The van der Waals surface area contributed by atoms with Crippen LogP contribution in [-0.2, 0) is 0 Å². The van der Waals surface area contributed by atoms with Crippen molar-refractivity contribution in [2.24, 2.45) is 0 Å². The summed E-state index contributed by atoms with van der Waals surface area (Å²) in [4.78, 5) is 2.36. The van der Waals surface area contributed by atoms with E-state index in [2.05, 4.69) is 34.8 Å². The van der Waals surface area contributed by atoms with E-state index in [-0.39, 0.29) is 5.60 Å². The number of aliphatic hydroxyl groups excluding tert-OH is 1. The quantitative estimate of drug-likeness (QED) is 0.795. The fourth-order valence-electron chi connectivity index (χ4n) is 3.28. The number of piperidine rings is 1. The van der Waals surface area contributed by atoms with Gasteiger partial charge in [-0.25, -0.2) is 0 Å². The van der Waals surface area contributed by atoms with Gasteiger partial charge in [-0.3, -0.25) is 0 Å². The second kappa shape index (κ2) is 4.76. The van der Waals surface area contributed by atoms with Gasteiger partial charge >= 0.3 is 0 Å². The lowest BCUT2D eigenvalue weighted by molar-refractivity contribution is -0.0645. The van der Waals surface area contributed by atoms with Crippen LogP contribution >= 0.6 is 15.9 Å². The Bertz CT molecular complexity index is 493. The molecule has 0 aromatic heterocycles. The molecule has 0 amide bonds. The van der Waals surface area contributed by atoms with E-state index in [1.807, 2.05) is 18.2 Å². The molecule has 3 rings (SSSR count). The van der Waals surface area contributed by atoms with Gasteiger partial charge in [-0.1, -0.05) is 15.9 Å². The average molecular weight is 326 g/mol. The smallest absolute Gasteiger partial charge is 0.126 e. The molecule has 4 heteroatoms. The molecule has 0 bridgehead atoms. The summed E-state index contributed by atoms with van der Waals surface area (Å²) in [6.45, 7) is 3.26. The maximum Gasteiger partial charge on any atom is 0.126 e. The molecule has 1 aromatic carbocycles. The topological polar surface area (TPSA) is 32.7 Å². The summed E-state index contributed by atoms with van der Waals surface area (Å²) in [6.07, 6.45) is 2.25. The third-order valence-corrected chi connectivity index (χ3v) is 5.06. The van der Waals surface area contributed by atoms with Gasteiger partial charge in [-0.15, -0.1) is 0 Å². The minimum Gasteiger partial charge on any atom is -0.487 e. The highest BCUT2D eigenvalue weighted by Crippen LogP contribution is 2.45. The zero-order valence-electron chi connectivity index (χ0n) is 11.4. The number of hydrogen-bond donors (Lipinski definition) is 1. The molecule has 0 aliphatic carbocycles. The van der Waals surface area contributed by atoms with Gasteiger partial charge in [0.1, 0.15) is 11.4 Å². The number of rotatable bonds is 0. The van der Waals surface area contributed by atoms with E-state index >= 15 is 0 Å². The summed E-state index contributed by atoms with van der Waals surface area (Å²) in [5.74, 6) is 0.846. The number of ether oxygens (including phenoxy) is 1. The first-order chi connectivity index (χ1) is 8.99. The second-order valence-corrected chi connectivity index (χ2v) is 6.89. The molecule has 0 saturated carbocycles. The number of likely N-dealkylation sites (tertiary alicyclic amines) is 1. The van der Waals surface area contributed by atoms with E-state index in [9.17, 15) is 5.11 Å². The molecule has 1 spiro atoms. The van der Waals surface area contributed by atoms with E-state index < -0.39 is 6.10 Å². The van der Waals surface area contributed by atoms with Crippen molar-refractivity contribution in [2.45, 2.75) is 43.9 Å². The van der Waals surface area contributed by atoms with E-state index in [4.69, 9.17) is 4.74 Å². The largest absolute Gasteiger partial charge is 0.487 e. The van der Waals surface area contributed by atoms with Crippen LogP contribution in [0.25, 0.3) is 0 Å². The van der Waals surface area contributed by atoms with Crippen molar-refractivity contribution in [1.29, 1.82) is 0 Å². The monoisotopic (exact) mass is 325 g/mol. The number of nitrogens with zero attached hydrogens (tertiary/aromatic N) is 1. The Labute approximate surface area is 122 Å². The number of hydrogen-bond acceptors (Lipinski definition) is 3. The van der Waals surface area contributed by atoms with Crippen LogP contribution in [0.5, 0.6) is 5.75 Å². The molecule has 3 nitrogen and oxygen atoms in total. The third-order valence-electron chi connectivity index (χ3n) is 4.56. The van der Waals surface area contributed by atoms with Crippen molar-refractivity contribution >= 4 is 15.9 Å². The lowest BCUT2D eigenvalue weighted by atomic mass is 9.79. The van der Waals surface area contributed by atoms with Crippen LogP contribution in [0.4, 0.5) is 0 Å². The lowest BCUT2D eigenvalue weighted by Gasteiger charge is -2.47. The predicted octanol–water partition coefficient (Wildman–Crippen LogP) is 3.12. The van der Waals surface area contributed by atoms with Gasteiger partial charge in [0.05, 0.1) is 6.10 Å². The lowest BCUT2D eigenvalue weighted by Crippen LogP contribution is -2.52. The van der Waals surface area contributed by atoms with Gasteiger partial charge in [-0.2, -0.15) is 0 Å². The Balaban J connectivity index is 1.90. The summed E-state index contributed by atoms with van der Waals surface area (Å²) >= 11 is 3.45. The predicted molar refractivity (Wildman–Crippen MR) is 78.4 cm³/mol. The fourth-order valence-corrected chi connectivity index (χ4v) is 3.66. The molecule has 19 heavy (non-hydrogen) atoms. The van der Waals surface area contributed by atoms with Gasteiger partial charge in [-0.05, 0) is 38.6 Å². The van der Waals surface area contributed by atoms with Gasteiger partial charge in [0.25, 0.3) is 0 Å². The highest BCUT2D eigenvalue weighted by molar-refractivity contribution is 9.10. The molecular formula is C15H20BrNO2. The zero-order chi connectivity index (χ0) is 13.6. The first-order valence-corrected chi connectivity index (χ1v) is 7.65. The molecule has 1 fully saturated rings. The third kappa shape index (κ3) is 2.41. The molecule has 1 N–H and O–H groups in total. The summed E-state index contributed by atoms with van der Waals surface area (Å²) in [7, 11) is 2.15. The molecule has 1 aromatic rings. The second-order valence-electron chi connectivity index (χ2n) is 5.97. The maximum absolute atomic E-state index is 10.4. The number of fused-ring (bicyclic) bond motifs is 1. The van der Waals surface area contributed by atoms with Gasteiger partial charge < -0.3 is 14.7 Å². The van der Waals surface area contributed by atoms with Crippen molar-refractivity contribution in [2.75, 3.05) is 13.6 Å². The van der Waals surface area contributed by atoms with E-state index in [1.54, 1.807) is 0 Å². The molecule has 2 unspecified atom stereocenters. The molecule has 1 saturated heterocycles. The minimum atomic E-state index is -0.420. The Morgan fingerprint density at radius 3 is 2.95 bits per heavy atom. The molecule has 0 radical (unpaired) electrons. The van der Waals surface area contributed by atoms with Gasteiger partial charge in [0.2, 0.25) is 0 Å². The molecule has 2 aliphatic rings. The first kappa shape index (κ1) is 13.4. The van der Waals surface area contributed by atoms with Crippen molar-refractivity contribution < 1.29 is 9.84 Å². The van der Waals surface area contributed by atoms with Crippen molar-refractivity contribution in [3.8, 4) is 5.75 Å². The minimum absolute atomic E-state index is 0.188. The van der Waals surface area contributed by atoms with Gasteiger partial charge in [0, 0.05) is 35.5 Å². The van der Waals surface area contributed by atoms with Crippen LogP contribution in [0.15, 0.2) is 22.7 Å². The molecule has 3 atom stereocenters. The number of halogens is 1. The summed E-state index contributed by atoms with van der Waals surface area (Å²) in [5.41, 5.74) is 0.721. The van der Waals surface area contributed by atoms with E-state index in [0.29, 0.717) is 12.5 Å². The van der Waals surface area contributed by atoms with E-state index in [1.165, 1.54) is 0 Å². The first-order valence-electron chi connectivity index (χ1n) is 6.86. The Morgan fingerprint density at radius 2 is 2.21 bits per heavy atom. The SMILES string of the molecule is CC1CC2(CCN1C)C[C@@H](O)c1cc(Br)ccc1O2.